The van der Waals surface area contributed by atoms with Crippen LogP contribution >= 0.6 is 0 Å². The molecule has 0 aromatic heterocycles. The number of nitrogens with zero attached hydrogens (tertiary/aromatic N) is 1. The van der Waals surface area contributed by atoms with Crippen molar-refractivity contribution in [3.05, 3.63) is 0 Å². The summed E-state index contributed by atoms with van der Waals surface area (Å²) in [5.41, 5.74) is 0. The molecule has 2 unspecified atom stereocenters. The number of hydrogen-bond acceptors (Lipinski definition) is 3. The summed E-state index contributed by atoms with van der Waals surface area (Å²) in [6.45, 7) is 7.54. The molecule has 1 N–H and O–H groups in total. The van der Waals surface area contributed by atoms with Gasteiger partial charge in [0.15, 0.2) is 0 Å². The summed E-state index contributed by atoms with van der Waals surface area (Å²) >= 11 is 0. The predicted molar refractivity (Wildman–Crippen MR) is 75.9 cm³/mol. The van der Waals surface area contributed by atoms with Crippen molar-refractivity contribution >= 4 is 0 Å². The van der Waals surface area contributed by atoms with Crippen molar-refractivity contribution in [3.8, 4) is 0 Å². The SMILES string of the molecule is CCC1CCC(N(C)C(C)C2CNCCO2)CC1. The van der Waals surface area contributed by atoms with E-state index in [1.807, 2.05) is 0 Å². The molecule has 2 fully saturated rings. The standard InChI is InChI=1S/C15H30N2O/c1-4-13-5-7-14(8-6-13)17(3)12(2)15-11-16-9-10-18-15/h12-16H,4-11H2,1-3H3. The lowest BCUT2D eigenvalue weighted by molar-refractivity contribution is -0.0347. The molecule has 2 aliphatic rings. The van der Waals surface area contributed by atoms with Crippen LogP contribution in [-0.2, 0) is 4.74 Å². The molecular weight excluding hydrogens is 224 g/mol. The molecule has 1 aliphatic carbocycles. The molecule has 1 aliphatic heterocycles. The number of nitrogens with one attached hydrogen (secondary N) is 1. The monoisotopic (exact) mass is 254 g/mol. The van der Waals surface area contributed by atoms with Gasteiger partial charge in [-0.2, -0.15) is 0 Å². The second kappa shape index (κ2) is 6.88. The Morgan fingerprint density at radius 2 is 2.00 bits per heavy atom. The topological polar surface area (TPSA) is 24.5 Å². The molecule has 3 heteroatoms. The molecule has 0 radical (unpaired) electrons. The van der Waals surface area contributed by atoms with Gasteiger partial charge in [0.25, 0.3) is 0 Å². The van der Waals surface area contributed by atoms with E-state index in [2.05, 4.69) is 31.1 Å². The van der Waals surface area contributed by atoms with E-state index in [9.17, 15) is 0 Å². The lowest BCUT2D eigenvalue weighted by atomic mass is 9.83. The van der Waals surface area contributed by atoms with Crippen molar-refractivity contribution in [1.82, 2.24) is 10.2 Å². The molecule has 0 spiro atoms. The van der Waals surface area contributed by atoms with Crippen LogP contribution in [-0.4, -0.2) is 49.8 Å². The van der Waals surface area contributed by atoms with E-state index >= 15 is 0 Å². The molecule has 1 saturated carbocycles. The van der Waals surface area contributed by atoms with Gasteiger partial charge in [-0.15, -0.1) is 0 Å². The Morgan fingerprint density at radius 3 is 2.56 bits per heavy atom. The maximum atomic E-state index is 5.89. The number of hydrogen-bond donors (Lipinski definition) is 1. The molecule has 0 bridgehead atoms. The lowest BCUT2D eigenvalue weighted by Crippen LogP contribution is -2.53. The van der Waals surface area contributed by atoms with Gasteiger partial charge < -0.3 is 10.1 Å². The molecule has 0 aromatic carbocycles. The average Bonchev–Trinajstić information content (AvgIpc) is 2.47. The van der Waals surface area contributed by atoms with Gasteiger partial charge in [-0.25, -0.2) is 0 Å². The number of rotatable bonds is 4. The molecule has 1 saturated heterocycles. The lowest BCUT2D eigenvalue weighted by Gasteiger charge is -2.41. The normalized spacial score (nSPS) is 35.7. The first-order chi connectivity index (χ1) is 8.72. The van der Waals surface area contributed by atoms with Crippen LogP contribution in [0, 0.1) is 5.92 Å². The summed E-state index contributed by atoms with van der Waals surface area (Å²) in [5.74, 6) is 0.984. The zero-order chi connectivity index (χ0) is 13.0. The van der Waals surface area contributed by atoms with Crippen molar-refractivity contribution < 1.29 is 4.74 Å². The Hall–Kier alpha value is -0.120. The van der Waals surface area contributed by atoms with E-state index in [0.29, 0.717) is 12.1 Å². The minimum Gasteiger partial charge on any atom is -0.374 e. The Labute approximate surface area is 112 Å². The summed E-state index contributed by atoms with van der Waals surface area (Å²) in [5, 5.41) is 3.44. The van der Waals surface area contributed by atoms with Crippen LogP contribution in [0.4, 0.5) is 0 Å². The third kappa shape index (κ3) is 3.46. The van der Waals surface area contributed by atoms with Crippen molar-refractivity contribution in [1.29, 1.82) is 0 Å². The molecule has 2 rings (SSSR count). The quantitative estimate of drug-likeness (QED) is 0.833. The first kappa shape index (κ1) is 14.3. The maximum Gasteiger partial charge on any atom is 0.0852 e. The third-order valence-electron chi connectivity index (χ3n) is 5.11. The van der Waals surface area contributed by atoms with Gasteiger partial charge in [0.05, 0.1) is 12.7 Å². The van der Waals surface area contributed by atoms with Gasteiger partial charge >= 0.3 is 0 Å². The van der Waals surface area contributed by atoms with Gasteiger partial charge in [0.1, 0.15) is 0 Å². The third-order valence-corrected chi connectivity index (χ3v) is 5.11. The molecular formula is C15H30N2O. The van der Waals surface area contributed by atoms with Gasteiger partial charge in [0.2, 0.25) is 0 Å². The van der Waals surface area contributed by atoms with Crippen LogP contribution in [0.2, 0.25) is 0 Å². The van der Waals surface area contributed by atoms with Crippen LogP contribution in [0.1, 0.15) is 46.0 Å². The average molecular weight is 254 g/mol. The number of likely N-dealkylation sites (N-methyl/N-ethyl adjacent to an activating group) is 1. The smallest absolute Gasteiger partial charge is 0.0852 e. The fourth-order valence-corrected chi connectivity index (χ4v) is 3.45. The Bertz CT molecular complexity index is 233. The zero-order valence-corrected chi connectivity index (χ0v) is 12.3. The minimum absolute atomic E-state index is 0.368. The Balaban J connectivity index is 1.80. The molecule has 106 valence electrons. The van der Waals surface area contributed by atoms with Crippen LogP contribution in [0.5, 0.6) is 0 Å². The first-order valence-corrected chi connectivity index (χ1v) is 7.76. The molecule has 2 atom stereocenters. The molecule has 18 heavy (non-hydrogen) atoms. The van der Waals surface area contributed by atoms with E-state index in [1.165, 1.54) is 32.1 Å². The Morgan fingerprint density at radius 1 is 1.28 bits per heavy atom. The first-order valence-electron chi connectivity index (χ1n) is 7.76. The molecule has 0 aromatic rings. The molecule has 1 heterocycles. The zero-order valence-electron chi connectivity index (χ0n) is 12.3. The van der Waals surface area contributed by atoms with E-state index < -0.39 is 0 Å². The second-order valence-electron chi connectivity index (χ2n) is 6.10. The fourth-order valence-electron chi connectivity index (χ4n) is 3.45. The predicted octanol–water partition coefficient (Wildman–Crippen LogP) is 2.26. The van der Waals surface area contributed by atoms with E-state index in [1.54, 1.807) is 0 Å². The van der Waals surface area contributed by atoms with Crippen molar-refractivity contribution in [2.75, 3.05) is 26.7 Å². The van der Waals surface area contributed by atoms with Crippen molar-refractivity contribution in [2.24, 2.45) is 5.92 Å². The summed E-state index contributed by atoms with van der Waals surface area (Å²) in [6, 6.07) is 1.30. The Kier molecular flexibility index (Phi) is 5.46. The molecule has 0 amide bonds. The summed E-state index contributed by atoms with van der Waals surface area (Å²) < 4.78 is 5.89. The largest absolute Gasteiger partial charge is 0.374 e. The highest BCUT2D eigenvalue weighted by atomic mass is 16.5. The van der Waals surface area contributed by atoms with Crippen LogP contribution < -0.4 is 5.32 Å². The fraction of sp³-hybridized carbons (Fsp3) is 1.00. The van der Waals surface area contributed by atoms with Gasteiger partial charge in [0, 0.05) is 25.2 Å². The van der Waals surface area contributed by atoms with Gasteiger partial charge in [-0.1, -0.05) is 13.3 Å². The van der Waals surface area contributed by atoms with Gasteiger partial charge in [-0.05, 0) is 45.6 Å². The van der Waals surface area contributed by atoms with E-state index in [-0.39, 0.29) is 0 Å². The minimum atomic E-state index is 0.368. The van der Waals surface area contributed by atoms with Crippen LogP contribution in [0.3, 0.4) is 0 Å². The van der Waals surface area contributed by atoms with Gasteiger partial charge in [-0.3, -0.25) is 4.90 Å². The van der Waals surface area contributed by atoms with E-state index in [0.717, 1.165) is 31.7 Å². The van der Waals surface area contributed by atoms with Crippen molar-refractivity contribution in [3.63, 3.8) is 0 Å². The molecule has 3 nitrogen and oxygen atoms in total. The maximum absolute atomic E-state index is 5.89. The number of ether oxygens (including phenoxy) is 1. The highest BCUT2D eigenvalue weighted by molar-refractivity contribution is 4.85. The highest BCUT2D eigenvalue weighted by Gasteiger charge is 2.30. The van der Waals surface area contributed by atoms with Crippen LogP contribution in [0.15, 0.2) is 0 Å². The van der Waals surface area contributed by atoms with E-state index in [4.69, 9.17) is 4.74 Å². The van der Waals surface area contributed by atoms with Crippen LogP contribution in [0.25, 0.3) is 0 Å². The number of morpholine rings is 1. The summed E-state index contributed by atoms with van der Waals surface area (Å²) in [4.78, 5) is 2.57. The van der Waals surface area contributed by atoms with Crippen molar-refractivity contribution in [2.45, 2.75) is 64.1 Å². The summed E-state index contributed by atoms with van der Waals surface area (Å²) in [6.07, 6.45) is 7.32. The summed E-state index contributed by atoms with van der Waals surface area (Å²) in [7, 11) is 2.29. The second-order valence-corrected chi connectivity index (χ2v) is 6.10. The highest BCUT2D eigenvalue weighted by Crippen LogP contribution is 2.30.